The first-order valence-corrected chi connectivity index (χ1v) is 13.1. The van der Waals surface area contributed by atoms with E-state index in [0.717, 1.165) is 82.7 Å². The fourth-order valence-corrected chi connectivity index (χ4v) is 5.59. The van der Waals surface area contributed by atoms with Gasteiger partial charge < -0.3 is 14.2 Å². The molecular formula is C29H28BrN3O2. The smallest absolute Gasteiger partial charge is 0.225 e. The van der Waals surface area contributed by atoms with Gasteiger partial charge in [0.2, 0.25) is 5.91 Å². The van der Waals surface area contributed by atoms with E-state index in [1.54, 1.807) is 7.11 Å². The molecule has 0 spiro atoms. The summed E-state index contributed by atoms with van der Waals surface area (Å²) in [5.74, 6) is 2.92. The molecule has 1 saturated heterocycles. The highest BCUT2D eigenvalue weighted by Gasteiger charge is 2.36. The van der Waals surface area contributed by atoms with Crippen LogP contribution in [0, 0.1) is 11.8 Å². The van der Waals surface area contributed by atoms with Gasteiger partial charge in [0.05, 0.1) is 12.6 Å². The molecule has 1 amide bonds. The Kier molecular flexibility index (Phi) is 5.85. The number of nitrogens with zero attached hydrogens (tertiary/aromatic N) is 3. The highest BCUT2D eigenvalue weighted by molar-refractivity contribution is 9.10. The Balaban J connectivity index is 1.31. The molecule has 1 atom stereocenters. The maximum Gasteiger partial charge on any atom is 0.225 e. The number of para-hydroxylation sites is 1. The third kappa shape index (κ3) is 4.36. The molecule has 1 aliphatic carbocycles. The maximum absolute atomic E-state index is 12.6. The number of fused-ring (bicyclic) bond motifs is 1. The third-order valence-electron chi connectivity index (χ3n) is 7.26. The zero-order valence-electron chi connectivity index (χ0n) is 19.8. The third-order valence-corrected chi connectivity index (χ3v) is 7.90. The van der Waals surface area contributed by atoms with Crippen molar-refractivity contribution in [3.8, 4) is 28.3 Å². The second-order valence-electron chi connectivity index (χ2n) is 9.67. The second-order valence-corrected chi connectivity index (χ2v) is 10.5. The van der Waals surface area contributed by atoms with Crippen molar-refractivity contribution < 1.29 is 9.53 Å². The van der Waals surface area contributed by atoms with Crippen molar-refractivity contribution in [2.45, 2.75) is 25.8 Å². The van der Waals surface area contributed by atoms with Gasteiger partial charge in [-0.3, -0.25) is 4.79 Å². The van der Waals surface area contributed by atoms with E-state index in [-0.39, 0.29) is 0 Å². The van der Waals surface area contributed by atoms with E-state index >= 15 is 0 Å². The van der Waals surface area contributed by atoms with Crippen LogP contribution in [0.1, 0.15) is 19.3 Å². The van der Waals surface area contributed by atoms with E-state index in [1.165, 1.54) is 0 Å². The molecule has 0 bridgehead atoms. The zero-order valence-corrected chi connectivity index (χ0v) is 21.4. The first-order valence-electron chi connectivity index (χ1n) is 12.3. The Morgan fingerprint density at radius 2 is 1.66 bits per heavy atom. The van der Waals surface area contributed by atoms with Crippen LogP contribution in [0.2, 0.25) is 0 Å². The maximum atomic E-state index is 12.6. The van der Waals surface area contributed by atoms with Crippen molar-refractivity contribution in [1.82, 2.24) is 14.5 Å². The average molecular weight is 530 g/mol. The van der Waals surface area contributed by atoms with Gasteiger partial charge in [-0.1, -0.05) is 42.5 Å². The number of carbonyl (C=O) groups is 1. The number of rotatable bonds is 6. The summed E-state index contributed by atoms with van der Waals surface area (Å²) in [5, 5.41) is 0. The van der Waals surface area contributed by atoms with Crippen molar-refractivity contribution in [2.24, 2.45) is 11.8 Å². The Hall–Kier alpha value is -3.12. The SMILES string of the molecule is COc1ccc(-c2ccc(-c3nc4c(Br)cccc4n3C[C@@H]3CCN(C(=O)C4CC4)C3)cc2)cc1. The van der Waals surface area contributed by atoms with E-state index < -0.39 is 0 Å². The van der Waals surface area contributed by atoms with Crippen LogP contribution < -0.4 is 4.74 Å². The van der Waals surface area contributed by atoms with Crippen molar-refractivity contribution in [3.63, 3.8) is 0 Å². The largest absolute Gasteiger partial charge is 0.497 e. The lowest BCUT2D eigenvalue weighted by atomic mass is 10.0. The molecule has 1 aliphatic heterocycles. The lowest BCUT2D eigenvalue weighted by molar-refractivity contribution is -0.131. The predicted molar refractivity (Wildman–Crippen MR) is 142 cm³/mol. The van der Waals surface area contributed by atoms with Gasteiger partial charge in [-0.05, 0) is 76.5 Å². The summed E-state index contributed by atoms with van der Waals surface area (Å²) < 4.78 is 8.63. The highest BCUT2D eigenvalue weighted by atomic mass is 79.9. The molecule has 0 radical (unpaired) electrons. The second kappa shape index (κ2) is 9.15. The molecule has 6 rings (SSSR count). The van der Waals surface area contributed by atoms with E-state index in [0.29, 0.717) is 17.7 Å². The van der Waals surface area contributed by atoms with E-state index in [2.05, 4.69) is 73.9 Å². The van der Waals surface area contributed by atoms with Crippen molar-refractivity contribution in [3.05, 3.63) is 71.2 Å². The summed E-state index contributed by atoms with van der Waals surface area (Å²) in [7, 11) is 1.68. The quantitative estimate of drug-likeness (QED) is 0.290. The van der Waals surface area contributed by atoms with Crippen LogP contribution in [0.25, 0.3) is 33.5 Å². The summed E-state index contributed by atoms with van der Waals surface area (Å²) in [4.78, 5) is 19.7. The highest BCUT2D eigenvalue weighted by Crippen LogP contribution is 2.35. The Bertz CT molecular complexity index is 1370. The summed E-state index contributed by atoms with van der Waals surface area (Å²) in [5.41, 5.74) is 5.51. The van der Waals surface area contributed by atoms with Crippen molar-refractivity contribution in [1.29, 1.82) is 0 Å². The van der Waals surface area contributed by atoms with E-state index in [4.69, 9.17) is 9.72 Å². The average Bonchev–Trinajstić information content (AvgIpc) is 3.53. The number of halogens is 1. The first kappa shape index (κ1) is 22.4. The number of carbonyl (C=O) groups excluding carboxylic acids is 1. The molecule has 3 aromatic carbocycles. The van der Waals surface area contributed by atoms with Crippen LogP contribution in [-0.2, 0) is 11.3 Å². The minimum Gasteiger partial charge on any atom is -0.497 e. The number of ether oxygens (including phenoxy) is 1. The topological polar surface area (TPSA) is 47.4 Å². The zero-order chi connectivity index (χ0) is 23.9. The molecule has 178 valence electrons. The molecule has 2 heterocycles. The van der Waals surface area contributed by atoms with Gasteiger partial charge in [-0.25, -0.2) is 4.98 Å². The van der Waals surface area contributed by atoms with Crippen LogP contribution in [-0.4, -0.2) is 40.6 Å². The molecule has 5 nitrogen and oxygen atoms in total. The van der Waals surface area contributed by atoms with Crippen molar-refractivity contribution in [2.75, 3.05) is 20.2 Å². The normalized spacial score (nSPS) is 17.8. The molecule has 2 fully saturated rings. The van der Waals surface area contributed by atoms with Gasteiger partial charge in [-0.15, -0.1) is 0 Å². The van der Waals surface area contributed by atoms with Gasteiger partial charge in [0.15, 0.2) is 0 Å². The van der Waals surface area contributed by atoms with Crippen LogP contribution in [0.5, 0.6) is 5.75 Å². The summed E-state index contributed by atoms with van der Waals surface area (Å²) in [6.07, 6.45) is 3.18. The molecule has 4 aromatic rings. The lowest BCUT2D eigenvalue weighted by Crippen LogP contribution is -2.30. The van der Waals surface area contributed by atoms with Gasteiger partial charge >= 0.3 is 0 Å². The predicted octanol–water partition coefficient (Wildman–Crippen LogP) is 6.40. The van der Waals surface area contributed by atoms with Gasteiger partial charge in [0.1, 0.15) is 17.1 Å². The molecule has 0 unspecified atom stereocenters. The van der Waals surface area contributed by atoms with Crippen molar-refractivity contribution >= 4 is 32.9 Å². The lowest BCUT2D eigenvalue weighted by Gasteiger charge is -2.18. The molecule has 6 heteroatoms. The molecular weight excluding hydrogens is 502 g/mol. The summed E-state index contributed by atoms with van der Waals surface area (Å²) >= 11 is 3.70. The summed E-state index contributed by atoms with van der Waals surface area (Å²) in [6, 6.07) is 23.0. The first-order chi connectivity index (χ1) is 17.1. The van der Waals surface area contributed by atoms with Crippen LogP contribution in [0.15, 0.2) is 71.2 Å². The number of methoxy groups -OCH3 is 1. The minimum atomic E-state index is 0.290. The summed E-state index contributed by atoms with van der Waals surface area (Å²) in [6.45, 7) is 2.58. The molecule has 35 heavy (non-hydrogen) atoms. The van der Waals surface area contributed by atoms with E-state index in [9.17, 15) is 4.79 Å². The van der Waals surface area contributed by atoms with Gasteiger partial charge in [-0.2, -0.15) is 0 Å². The Labute approximate surface area is 213 Å². The van der Waals surface area contributed by atoms with Gasteiger partial charge in [0, 0.05) is 35.6 Å². The van der Waals surface area contributed by atoms with Crippen LogP contribution >= 0.6 is 15.9 Å². The fraction of sp³-hybridized carbons (Fsp3) is 0.310. The molecule has 1 saturated carbocycles. The van der Waals surface area contributed by atoms with Gasteiger partial charge in [0.25, 0.3) is 0 Å². The number of imidazole rings is 1. The fourth-order valence-electron chi connectivity index (χ4n) is 5.14. The number of aromatic nitrogens is 2. The number of hydrogen-bond acceptors (Lipinski definition) is 3. The Morgan fingerprint density at radius 1 is 0.971 bits per heavy atom. The number of amides is 1. The molecule has 1 aromatic heterocycles. The van der Waals surface area contributed by atoms with Crippen LogP contribution in [0.4, 0.5) is 0 Å². The molecule has 2 aliphatic rings. The number of benzene rings is 3. The Morgan fingerprint density at radius 3 is 2.34 bits per heavy atom. The standard InChI is InChI=1S/C29H28BrN3O2/c1-35-24-13-11-21(12-14-24)20-5-7-22(8-6-20)28-31-27-25(30)3-2-4-26(27)33(28)18-19-15-16-32(17-19)29(34)23-9-10-23/h2-8,11-14,19,23H,9-10,15-18H2,1H3/t19-/m1/s1. The molecule has 0 N–H and O–H groups in total. The number of hydrogen-bond donors (Lipinski definition) is 0. The monoisotopic (exact) mass is 529 g/mol. The van der Waals surface area contributed by atoms with E-state index in [1.807, 2.05) is 18.2 Å². The number of likely N-dealkylation sites (tertiary alicyclic amines) is 1. The van der Waals surface area contributed by atoms with Crippen LogP contribution in [0.3, 0.4) is 0 Å². The minimum absolute atomic E-state index is 0.290.